The van der Waals surface area contributed by atoms with Gasteiger partial charge in [0.15, 0.2) is 5.78 Å². The van der Waals surface area contributed by atoms with Crippen molar-refractivity contribution in [2.75, 3.05) is 6.61 Å². The quantitative estimate of drug-likeness (QED) is 0.576. The molecule has 3 heteroatoms. The van der Waals surface area contributed by atoms with Crippen LogP contribution in [0.4, 0.5) is 0 Å². The lowest BCUT2D eigenvalue weighted by Gasteiger charge is -1.93. The summed E-state index contributed by atoms with van der Waals surface area (Å²) in [6, 6.07) is 9.45. The molecular formula is C14H14O3. The molecule has 0 N–H and O–H groups in total. The van der Waals surface area contributed by atoms with Crippen LogP contribution < -0.4 is 0 Å². The third-order valence-electron chi connectivity index (χ3n) is 1.91. The molecule has 0 amide bonds. The van der Waals surface area contributed by atoms with Gasteiger partial charge in [0.05, 0.1) is 6.61 Å². The molecule has 0 bridgehead atoms. The van der Waals surface area contributed by atoms with Gasteiger partial charge in [0.2, 0.25) is 0 Å². The van der Waals surface area contributed by atoms with Crippen LogP contribution >= 0.6 is 0 Å². The standard InChI is InChI=1S/C14H14O3/c1-2-17-14(16)11-10-13(15)9-8-12-6-4-3-5-7-12/h3-11H,2H2,1H3. The summed E-state index contributed by atoms with van der Waals surface area (Å²) >= 11 is 0. The summed E-state index contributed by atoms with van der Waals surface area (Å²) in [5, 5.41) is 0. The SMILES string of the molecule is CCOC(=O)C=CC(=O)C=Cc1ccccc1. The zero-order valence-electron chi connectivity index (χ0n) is 9.63. The molecule has 0 saturated heterocycles. The average Bonchev–Trinajstić information content (AvgIpc) is 2.35. The fraction of sp³-hybridized carbons (Fsp3) is 0.143. The Labute approximate surface area is 100 Å². The first kappa shape index (κ1) is 12.9. The molecule has 0 fully saturated rings. The molecule has 0 aromatic heterocycles. The summed E-state index contributed by atoms with van der Waals surface area (Å²) in [7, 11) is 0. The van der Waals surface area contributed by atoms with Gasteiger partial charge in [-0.2, -0.15) is 0 Å². The Morgan fingerprint density at radius 2 is 1.82 bits per heavy atom. The molecular weight excluding hydrogens is 216 g/mol. The second kappa shape index (κ2) is 7.17. The van der Waals surface area contributed by atoms with Crippen LogP contribution in [-0.2, 0) is 14.3 Å². The minimum Gasteiger partial charge on any atom is -0.463 e. The molecule has 3 nitrogen and oxygen atoms in total. The van der Waals surface area contributed by atoms with E-state index in [4.69, 9.17) is 0 Å². The van der Waals surface area contributed by atoms with Crippen molar-refractivity contribution in [3.63, 3.8) is 0 Å². The number of ether oxygens (including phenoxy) is 1. The number of allylic oxidation sites excluding steroid dienone is 2. The van der Waals surface area contributed by atoms with Crippen LogP contribution in [0.5, 0.6) is 0 Å². The van der Waals surface area contributed by atoms with E-state index in [1.54, 1.807) is 13.0 Å². The largest absolute Gasteiger partial charge is 0.463 e. The second-order valence-electron chi connectivity index (χ2n) is 3.23. The van der Waals surface area contributed by atoms with Gasteiger partial charge in [0.1, 0.15) is 0 Å². The molecule has 0 aliphatic carbocycles. The average molecular weight is 230 g/mol. The lowest BCUT2D eigenvalue weighted by atomic mass is 10.2. The van der Waals surface area contributed by atoms with E-state index < -0.39 is 5.97 Å². The summed E-state index contributed by atoms with van der Waals surface area (Å²) < 4.78 is 4.65. The van der Waals surface area contributed by atoms with Crippen molar-refractivity contribution in [2.45, 2.75) is 6.92 Å². The van der Waals surface area contributed by atoms with Crippen molar-refractivity contribution in [1.82, 2.24) is 0 Å². The van der Waals surface area contributed by atoms with Gasteiger partial charge in [0, 0.05) is 6.08 Å². The van der Waals surface area contributed by atoms with E-state index in [0.717, 1.165) is 11.6 Å². The van der Waals surface area contributed by atoms with Gasteiger partial charge in [-0.05, 0) is 24.6 Å². The maximum Gasteiger partial charge on any atom is 0.330 e. The van der Waals surface area contributed by atoms with Crippen molar-refractivity contribution >= 4 is 17.8 Å². The second-order valence-corrected chi connectivity index (χ2v) is 3.23. The Kier molecular flexibility index (Phi) is 5.44. The number of hydrogen-bond acceptors (Lipinski definition) is 3. The van der Waals surface area contributed by atoms with Gasteiger partial charge in [0.25, 0.3) is 0 Å². The highest BCUT2D eigenvalue weighted by Gasteiger charge is 1.95. The van der Waals surface area contributed by atoms with E-state index in [2.05, 4.69) is 4.74 Å². The number of hydrogen-bond donors (Lipinski definition) is 0. The topological polar surface area (TPSA) is 43.4 Å². The van der Waals surface area contributed by atoms with Gasteiger partial charge < -0.3 is 4.74 Å². The van der Waals surface area contributed by atoms with E-state index in [1.165, 1.54) is 12.2 Å². The van der Waals surface area contributed by atoms with E-state index in [-0.39, 0.29) is 5.78 Å². The number of esters is 1. The molecule has 0 saturated carbocycles. The lowest BCUT2D eigenvalue weighted by molar-refractivity contribution is -0.137. The van der Waals surface area contributed by atoms with Crippen molar-refractivity contribution in [1.29, 1.82) is 0 Å². The van der Waals surface area contributed by atoms with Gasteiger partial charge in [-0.1, -0.05) is 36.4 Å². The minimum absolute atomic E-state index is 0.248. The zero-order chi connectivity index (χ0) is 12.5. The highest BCUT2D eigenvalue weighted by Crippen LogP contribution is 2.00. The molecule has 1 aromatic rings. The van der Waals surface area contributed by atoms with Crippen LogP contribution in [0.15, 0.2) is 48.6 Å². The van der Waals surface area contributed by atoms with Crippen molar-refractivity contribution in [3.8, 4) is 0 Å². The molecule has 0 aliphatic heterocycles. The zero-order valence-corrected chi connectivity index (χ0v) is 9.63. The fourth-order valence-electron chi connectivity index (χ4n) is 1.14. The van der Waals surface area contributed by atoms with Crippen LogP contribution in [-0.4, -0.2) is 18.4 Å². The summed E-state index contributed by atoms with van der Waals surface area (Å²) in [5.41, 5.74) is 0.936. The number of rotatable bonds is 5. The van der Waals surface area contributed by atoms with Gasteiger partial charge >= 0.3 is 5.97 Å². The van der Waals surface area contributed by atoms with E-state index in [9.17, 15) is 9.59 Å². The molecule has 1 rings (SSSR count). The van der Waals surface area contributed by atoms with E-state index in [0.29, 0.717) is 6.61 Å². The third-order valence-corrected chi connectivity index (χ3v) is 1.91. The van der Waals surface area contributed by atoms with Crippen LogP contribution in [0, 0.1) is 0 Å². The molecule has 17 heavy (non-hydrogen) atoms. The van der Waals surface area contributed by atoms with Gasteiger partial charge in [-0.3, -0.25) is 4.79 Å². The van der Waals surface area contributed by atoms with Gasteiger partial charge in [-0.15, -0.1) is 0 Å². The number of carbonyl (C=O) groups excluding carboxylic acids is 2. The minimum atomic E-state index is -0.506. The number of carbonyl (C=O) groups is 2. The highest BCUT2D eigenvalue weighted by molar-refractivity contribution is 6.04. The monoisotopic (exact) mass is 230 g/mol. The molecule has 1 aromatic carbocycles. The summed E-state index contributed by atoms with van der Waals surface area (Å²) in [5.74, 6) is -0.754. The summed E-state index contributed by atoms with van der Waals surface area (Å²) in [6.07, 6.45) is 5.42. The summed E-state index contributed by atoms with van der Waals surface area (Å²) in [4.78, 5) is 22.3. The number of benzene rings is 1. The van der Waals surface area contributed by atoms with Crippen LogP contribution in [0.3, 0.4) is 0 Å². The highest BCUT2D eigenvalue weighted by atomic mass is 16.5. The maximum absolute atomic E-state index is 11.3. The Morgan fingerprint density at radius 1 is 1.12 bits per heavy atom. The van der Waals surface area contributed by atoms with Crippen molar-refractivity contribution < 1.29 is 14.3 Å². The number of ketones is 1. The van der Waals surface area contributed by atoms with Gasteiger partial charge in [-0.25, -0.2) is 4.79 Å². The molecule has 0 radical (unpaired) electrons. The lowest BCUT2D eigenvalue weighted by Crippen LogP contribution is -2.00. The predicted octanol–water partition coefficient (Wildman–Crippen LogP) is 2.39. The maximum atomic E-state index is 11.3. The smallest absolute Gasteiger partial charge is 0.330 e. The van der Waals surface area contributed by atoms with E-state index >= 15 is 0 Å². The molecule has 0 unspecified atom stereocenters. The van der Waals surface area contributed by atoms with Crippen LogP contribution in [0.2, 0.25) is 0 Å². The van der Waals surface area contributed by atoms with E-state index in [1.807, 2.05) is 30.3 Å². The first-order valence-corrected chi connectivity index (χ1v) is 5.34. The molecule has 88 valence electrons. The Morgan fingerprint density at radius 3 is 2.47 bits per heavy atom. The fourth-order valence-corrected chi connectivity index (χ4v) is 1.14. The molecule has 0 atom stereocenters. The Balaban J connectivity index is 2.50. The Bertz CT molecular complexity index is 430. The normalized spacial score (nSPS) is 10.9. The molecule has 0 spiro atoms. The first-order valence-electron chi connectivity index (χ1n) is 5.34. The van der Waals surface area contributed by atoms with Crippen molar-refractivity contribution in [2.24, 2.45) is 0 Å². The first-order chi connectivity index (χ1) is 8.22. The van der Waals surface area contributed by atoms with Crippen LogP contribution in [0.1, 0.15) is 12.5 Å². The van der Waals surface area contributed by atoms with Crippen molar-refractivity contribution in [3.05, 3.63) is 54.1 Å². The summed E-state index contributed by atoms with van der Waals surface area (Å²) in [6.45, 7) is 2.01. The molecule has 0 aliphatic rings. The van der Waals surface area contributed by atoms with Crippen LogP contribution in [0.25, 0.3) is 6.08 Å². The third kappa shape index (κ3) is 5.47. The predicted molar refractivity (Wildman–Crippen MR) is 66.3 cm³/mol. The molecule has 0 heterocycles. The Hall–Kier alpha value is -2.16.